The van der Waals surface area contributed by atoms with Crippen LogP contribution in [0.1, 0.15) is 33.1 Å². The maximum atomic E-state index is 5.84. The quantitative estimate of drug-likeness (QED) is 0.446. The summed E-state index contributed by atoms with van der Waals surface area (Å²) in [7, 11) is 2.13. The fourth-order valence-electron chi connectivity index (χ4n) is 1.15. The number of nitrogens with zero attached hydrogens (tertiary/aromatic N) is 1. The van der Waals surface area contributed by atoms with Crippen LogP contribution in [0.4, 0.5) is 0 Å². The van der Waals surface area contributed by atoms with Crippen LogP contribution in [0, 0.1) is 0 Å². The van der Waals surface area contributed by atoms with E-state index in [4.69, 9.17) is 11.6 Å². The second-order valence-corrected chi connectivity index (χ2v) is 4.00. The molecule has 0 amide bonds. The van der Waals surface area contributed by atoms with Gasteiger partial charge in [0.2, 0.25) is 0 Å². The molecule has 0 aromatic heterocycles. The van der Waals surface area contributed by atoms with Gasteiger partial charge >= 0.3 is 0 Å². The molecular formula is C9H20ClN. The van der Waals surface area contributed by atoms with Gasteiger partial charge in [0.15, 0.2) is 0 Å². The zero-order valence-electron chi connectivity index (χ0n) is 7.94. The van der Waals surface area contributed by atoms with Crippen LogP contribution in [0.5, 0.6) is 0 Å². The normalized spacial score (nSPS) is 13.9. The van der Waals surface area contributed by atoms with Crippen molar-refractivity contribution in [2.75, 3.05) is 20.1 Å². The topological polar surface area (TPSA) is 3.24 Å². The molecule has 0 spiro atoms. The predicted octanol–water partition coefficient (Wildman–Crippen LogP) is 2.74. The lowest BCUT2D eigenvalue weighted by Gasteiger charge is -2.17. The highest BCUT2D eigenvalue weighted by atomic mass is 35.5. The van der Waals surface area contributed by atoms with E-state index in [9.17, 15) is 0 Å². The van der Waals surface area contributed by atoms with E-state index in [-0.39, 0.29) is 5.38 Å². The number of hydrogen-bond donors (Lipinski definition) is 0. The van der Waals surface area contributed by atoms with E-state index in [1.54, 1.807) is 0 Å². The lowest BCUT2D eigenvalue weighted by atomic mass is 10.2. The lowest BCUT2D eigenvalue weighted by molar-refractivity contribution is 0.328. The highest BCUT2D eigenvalue weighted by Gasteiger charge is 2.01. The number of alkyl halides is 1. The van der Waals surface area contributed by atoms with Crippen molar-refractivity contribution in [3.8, 4) is 0 Å². The SMILES string of the molecule is CCCCCN(C)CC(C)Cl. The Balaban J connectivity index is 3.15. The smallest absolute Gasteiger partial charge is 0.0434 e. The summed E-state index contributed by atoms with van der Waals surface area (Å²) in [5.74, 6) is 0. The van der Waals surface area contributed by atoms with Gasteiger partial charge in [0.05, 0.1) is 0 Å². The molecule has 0 aliphatic carbocycles. The van der Waals surface area contributed by atoms with Gasteiger partial charge in [-0.3, -0.25) is 0 Å². The van der Waals surface area contributed by atoms with E-state index in [2.05, 4.69) is 18.9 Å². The first-order valence-electron chi connectivity index (χ1n) is 4.49. The molecule has 0 saturated heterocycles. The summed E-state index contributed by atoms with van der Waals surface area (Å²) < 4.78 is 0. The molecule has 0 heterocycles. The van der Waals surface area contributed by atoms with E-state index < -0.39 is 0 Å². The third-order valence-corrected chi connectivity index (χ3v) is 1.84. The summed E-state index contributed by atoms with van der Waals surface area (Å²) in [5, 5.41) is 0.279. The molecular weight excluding hydrogens is 158 g/mol. The fraction of sp³-hybridized carbons (Fsp3) is 1.00. The largest absolute Gasteiger partial charge is 0.305 e. The van der Waals surface area contributed by atoms with Gasteiger partial charge in [-0.25, -0.2) is 0 Å². The molecule has 0 aliphatic rings. The Morgan fingerprint density at radius 1 is 1.36 bits per heavy atom. The first-order valence-corrected chi connectivity index (χ1v) is 4.93. The molecule has 0 aromatic carbocycles. The molecule has 0 bridgehead atoms. The Hall–Kier alpha value is 0.250. The second kappa shape index (κ2) is 6.93. The number of rotatable bonds is 6. The Bertz CT molecular complexity index is 83.6. The molecule has 11 heavy (non-hydrogen) atoms. The highest BCUT2D eigenvalue weighted by Crippen LogP contribution is 2.00. The molecule has 0 rings (SSSR count). The monoisotopic (exact) mass is 177 g/mol. The van der Waals surface area contributed by atoms with Crippen LogP contribution >= 0.6 is 11.6 Å². The van der Waals surface area contributed by atoms with Gasteiger partial charge < -0.3 is 4.90 Å². The summed E-state index contributed by atoms with van der Waals surface area (Å²) in [6.07, 6.45) is 3.93. The Morgan fingerprint density at radius 2 is 2.00 bits per heavy atom. The lowest BCUT2D eigenvalue weighted by Crippen LogP contribution is -2.25. The first-order chi connectivity index (χ1) is 5.16. The van der Waals surface area contributed by atoms with Crippen LogP contribution in [0.2, 0.25) is 0 Å². The zero-order valence-corrected chi connectivity index (χ0v) is 8.69. The maximum absolute atomic E-state index is 5.84. The summed E-state index contributed by atoms with van der Waals surface area (Å²) in [6.45, 7) is 6.46. The van der Waals surface area contributed by atoms with Crippen molar-refractivity contribution in [1.82, 2.24) is 4.90 Å². The van der Waals surface area contributed by atoms with E-state index >= 15 is 0 Å². The van der Waals surface area contributed by atoms with Crippen LogP contribution < -0.4 is 0 Å². The van der Waals surface area contributed by atoms with Gasteiger partial charge in [-0.15, -0.1) is 11.6 Å². The Kier molecular flexibility index (Phi) is 7.09. The number of unbranched alkanes of at least 4 members (excludes halogenated alkanes) is 2. The summed E-state index contributed by atoms with van der Waals surface area (Å²) in [5.41, 5.74) is 0. The third kappa shape index (κ3) is 8.15. The van der Waals surface area contributed by atoms with E-state index in [1.807, 2.05) is 6.92 Å². The standard InChI is InChI=1S/C9H20ClN/c1-4-5-6-7-11(3)8-9(2)10/h9H,4-8H2,1-3H3. The van der Waals surface area contributed by atoms with Crippen molar-refractivity contribution in [1.29, 1.82) is 0 Å². The van der Waals surface area contributed by atoms with Gasteiger partial charge in [0, 0.05) is 11.9 Å². The van der Waals surface area contributed by atoms with Crippen molar-refractivity contribution in [2.45, 2.75) is 38.5 Å². The minimum Gasteiger partial charge on any atom is -0.305 e. The second-order valence-electron chi connectivity index (χ2n) is 3.25. The van der Waals surface area contributed by atoms with E-state index in [0.29, 0.717) is 0 Å². The molecule has 1 unspecified atom stereocenters. The average Bonchev–Trinajstić information content (AvgIpc) is 1.86. The average molecular weight is 178 g/mol. The molecule has 0 aromatic rings. The van der Waals surface area contributed by atoms with Gasteiger partial charge in [-0.2, -0.15) is 0 Å². The molecule has 0 saturated carbocycles. The van der Waals surface area contributed by atoms with Crippen LogP contribution in [0.25, 0.3) is 0 Å². The van der Waals surface area contributed by atoms with Gasteiger partial charge in [-0.05, 0) is 26.9 Å². The van der Waals surface area contributed by atoms with Gasteiger partial charge in [-0.1, -0.05) is 19.8 Å². The van der Waals surface area contributed by atoms with Crippen molar-refractivity contribution in [3.05, 3.63) is 0 Å². The zero-order chi connectivity index (χ0) is 8.69. The minimum absolute atomic E-state index is 0.279. The van der Waals surface area contributed by atoms with Crippen LogP contribution in [0.15, 0.2) is 0 Å². The summed E-state index contributed by atoms with van der Waals surface area (Å²) >= 11 is 5.84. The maximum Gasteiger partial charge on any atom is 0.0434 e. The number of hydrogen-bond acceptors (Lipinski definition) is 1. The third-order valence-electron chi connectivity index (χ3n) is 1.71. The summed E-state index contributed by atoms with van der Waals surface area (Å²) in [4.78, 5) is 2.30. The molecule has 1 nitrogen and oxygen atoms in total. The molecule has 0 aliphatic heterocycles. The minimum atomic E-state index is 0.279. The van der Waals surface area contributed by atoms with Crippen LogP contribution in [-0.2, 0) is 0 Å². The van der Waals surface area contributed by atoms with Crippen LogP contribution in [0.3, 0.4) is 0 Å². The molecule has 0 fully saturated rings. The van der Waals surface area contributed by atoms with Crippen molar-refractivity contribution in [3.63, 3.8) is 0 Å². The van der Waals surface area contributed by atoms with E-state index in [0.717, 1.165) is 6.54 Å². The highest BCUT2D eigenvalue weighted by molar-refractivity contribution is 6.20. The molecule has 68 valence electrons. The Labute approximate surface area is 75.7 Å². The van der Waals surface area contributed by atoms with E-state index in [1.165, 1.54) is 25.8 Å². The van der Waals surface area contributed by atoms with Crippen molar-refractivity contribution >= 4 is 11.6 Å². The molecule has 0 N–H and O–H groups in total. The molecule has 1 atom stereocenters. The Morgan fingerprint density at radius 3 is 2.45 bits per heavy atom. The van der Waals surface area contributed by atoms with Crippen molar-refractivity contribution < 1.29 is 0 Å². The summed E-state index contributed by atoms with van der Waals surface area (Å²) in [6, 6.07) is 0. The van der Waals surface area contributed by atoms with Crippen LogP contribution in [-0.4, -0.2) is 30.4 Å². The molecule has 0 radical (unpaired) electrons. The molecule has 2 heteroatoms. The number of halogens is 1. The van der Waals surface area contributed by atoms with Gasteiger partial charge in [0.25, 0.3) is 0 Å². The van der Waals surface area contributed by atoms with Gasteiger partial charge in [0.1, 0.15) is 0 Å². The fourth-order valence-corrected chi connectivity index (χ4v) is 1.39. The predicted molar refractivity (Wildman–Crippen MR) is 52.3 cm³/mol. The first kappa shape index (κ1) is 11.2. The van der Waals surface area contributed by atoms with Crippen molar-refractivity contribution in [2.24, 2.45) is 0 Å².